The Morgan fingerprint density at radius 3 is 2.74 bits per heavy atom. The zero-order valence-electron chi connectivity index (χ0n) is 12.9. The lowest BCUT2D eigenvalue weighted by atomic mass is 9.94. The number of carbonyl (C=O) groups excluding carboxylic acids is 2. The van der Waals surface area contributed by atoms with Gasteiger partial charge < -0.3 is 15.4 Å². The van der Waals surface area contributed by atoms with Crippen molar-refractivity contribution in [1.29, 1.82) is 0 Å². The second-order valence-electron chi connectivity index (χ2n) is 5.97. The van der Waals surface area contributed by atoms with Crippen LogP contribution in [0, 0.1) is 0 Å². The number of nitrogens with one attached hydrogen (secondary N) is 2. The molecule has 2 aliphatic heterocycles. The van der Waals surface area contributed by atoms with Gasteiger partial charge in [-0.05, 0) is 24.9 Å². The van der Waals surface area contributed by atoms with Crippen molar-refractivity contribution in [3.63, 3.8) is 0 Å². The van der Waals surface area contributed by atoms with Crippen molar-refractivity contribution in [3.8, 4) is 0 Å². The molecule has 2 fully saturated rings. The van der Waals surface area contributed by atoms with Gasteiger partial charge >= 0.3 is 6.09 Å². The van der Waals surface area contributed by atoms with E-state index in [0.29, 0.717) is 6.54 Å². The first kappa shape index (κ1) is 17.6. The molecule has 0 aliphatic carbocycles. The van der Waals surface area contributed by atoms with Crippen LogP contribution >= 0.6 is 12.4 Å². The van der Waals surface area contributed by atoms with E-state index < -0.39 is 6.09 Å². The number of nitrogens with zero attached hydrogens (tertiary/aromatic N) is 1. The lowest BCUT2D eigenvalue weighted by molar-refractivity contribution is -0.122. The molecule has 3 rings (SSSR count). The molecule has 1 spiro atoms. The molecule has 6 nitrogen and oxygen atoms in total. The molecule has 1 atom stereocenters. The van der Waals surface area contributed by atoms with Crippen molar-refractivity contribution in [2.45, 2.75) is 25.0 Å². The molecule has 2 heterocycles. The molecule has 1 aromatic carbocycles. The Morgan fingerprint density at radius 2 is 2.04 bits per heavy atom. The Hall–Kier alpha value is -1.79. The number of halogens is 1. The maximum absolute atomic E-state index is 12.2. The van der Waals surface area contributed by atoms with Crippen molar-refractivity contribution < 1.29 is 14.3 Å². The van der Waals surface area contributed by atoms with Crippen LogP contribution in [-0.4, -0.2) is 48.6 Å². The first-order valence-corrected chi connectivity index (χ1v) is 7.64. The third-order valence-corrected chi connectivity index (χ3v) is 4.31. The summed E-state index contributed by atoms with van der Waals surface area (Å²) in [6.45, 7) is 2.50. The average Bonchev–Trinajstić information content (AvgIpc) is 2.91. The van der Waals surface area contributed by atoms with Crippen molar-refractivity contribution in [1.82, 2.24) is 15.5 Å². The number of hydrogen-bond donors (Lipinski definition) is 2. The van der Waals surface area contributed by atoms with Crippen LogP contribution < -0.4 is 10.6 Å². The minimum absolute atomic E-state index is 0. The van der Waals surface area contributed by atoms with Gasteiger partial charge in [-0.3, -0.25) is 9.69 Å². The zero-order valence-corrected chi connectivity index (χ0v) is 13.7. The molecule has 23 heavy (non-hydrogen) atoms. The van der Waals surface area contributed by atoms with Crippen molar-refractivity contribution in [3.05, 3.63) is 35.9 Å². The molecular weight excluding hydrogens is 318 g/mol. The van der Waals surface area contributed by atoms with Crippen molar-refractivity contribution in [2.24, 2.45) is 0 Å². The largest absolute Gasteiger partial charge is 0.445 e. The highest BCUT2D eigenvalue weighted by atomic mass is 35.5. The number of hydrogen-bond acceptors (Lipinski definition) is 4. The molecule has 0 saturated carbocycles. The summed E-state index contributed by atoms with van der Waals surface area (Å²) in [4.78, 5) is 25.7. The van der Waals surface area contributed by atoms with E-state index in [1.165, 1.54) is 4.90 Å². The second-order valence-corrected chi connectivity index (χ2v) is 5.97. The predicted molar refractivity (Wildman–Crippen MR) is 88.4 cm³/mol. The van der Waals surface area contributed by atoms with Gasteiger partial charge in [-0.15, -0.1) is 12.4 Å². The highest BCUT2D eigenvalue weighted by Gasteiger charge is 2.39. The molecule has 2 saturated heterocycles. The lowest BCUT2D eigenvalue weighted by Gasteiger charge is -2.27. The van der Waals surface area contributed by atoms with Gasteiger partial charge in [0.15, 0.2) is 0 Å². The molecule has 2 N–H and O–H groups in total. The molecule has 1 unspecified atom stereocenters. The summed E-state index contributed by atoms with van der Waals surface area (Å²) < 4.78 is 5.31. The lowest BCUT2D eigenvalue weighted by Crippen LogP contribution is -2.49. The topological polar surface area (TPSA) is 70.7 Å². The van der Waals surface area contributed by atoms with E-state index in [-0.39, 0.29) is 37.0 Å². The summed E-state index contributed by atoms with van der Waals surface area (Å²) in [6.07, 6.45) is 1.24. The van der Waals surface area contributed by atoms with Gasteiger partial charge in [0, 0.05) is 13.1 Å². The SMILES string of the molecule is Cl.O=C1CN(C(=O)OCc2ccccc2)CCC2(CCNC2)N1. The van der Waals surface area contributed by atoms with Crippen LogP contribution in [0.2, 0.25) is 0 Å². The monoisotopic (exact) mass is 339 g/mol. The maximum Gasteiger partial charge on any atom is 0.410 e. The van der Waals surface area contributed by atoms with E-state index in [4.69, 9.17) is 4.74 Å². The highest BCUT2D eigenvalue weighted by molar-refractivity contribution is 5.85. The second kappa shape index (κ2) is 7.66. The summed E-state index contributed by atoms with van der Waals surface area (Å²) in [7, 11) is 0. The molecule has 126 valence electrons. The van der Waals surface area contributed by atoms with E-state index >= 15 is 0 Å². The summed E-state index contributed by atoms with van der Waals surface area (Å²) >= 11 is 0. The Labute approximate surface area is 142 Å². The standard InChI is InChI=1S/C16H21N3O3.ClH/c20-14-10-19(9-7-16(18-14)6-8-17-12-16)15(21)22-11-13-4-2-1-3-5-13;/h1-5,17H,6-12H2,(H,18,20);1H. The van der Waals surface area contributed by atoms with Gasteiger partial charge in [0.25, 0.3) is 0 Å². The van der Waals surface area contributed by atoms with Gasteiger partial charge in [0.1, 0.15) is 13.2 Å². The van der Waals surface area contributed by atoms with Crippen LogP contribution in [0.5, 0.6) is 0 Å². The number of benzene rings is 1. The number of carbonyl (C=O) groups is 2. The van der Waals surface area contributed by atoms with Crippen LogP contribution in [-0.2, 0) is 16.1 Å². The first-order valence-electron chi connectivity index (χ1n) is 7.64. The smallest absolute Gasteiger partial charge is 0.410 e. The van der Waals surface area contributed by atoms with Crippen molar-refractivity contribution in [2.75, 3.05) is 26.2 Å². The third-order valence-electron chi connectivity index (χ3n) is 4.31. The molecule has 0 aromatic heterocycles. The Morgan fingerprint density at radius 1 is 1.26 bits per heavy atom. The van der Waals surface area contributed by atoms with Crippen LogP contribution in [0.15, 0.2) is 30.3 Å². The summed E-state index contributed by atoms with van der Waals surface area (Å²) in [6, 6.07) is 9.53. The zero-order chi connectivity index (χ0) is 15.4. The van der Waals surface area contributed by atoms with Crippen LogP contribution in [0.1, 0.15) is 18.4 Å². The Balaban J connectivity index is 0.00000192. The van der Waals surface area contributed by atoms with E-state index in [2.05, 4.69) is 10.6 Å². The van der Waals surface area contributed by atoms with E-state index in [9.17, 15) is 9.59 Å². The minimum atomic E-state index is -0.429. The predicted octanol–water partition coefficient (Wildman–Crippen LogP) is 1.30. The molecule has 2 aliphatic rings. The number of rotatable bonds is 2. The Bertz CT molecular complexity index is 547. The highest BCUT2D eigenvalue weighted by Crippen LogP contribution is 2.22. The van der Waals surface area contributed by atoms with E-state index in [1.54, 1.807) is 0 Å². The van der Waals surface area contributed by atoms with Gasteiger partial charge in [0.2, 0.25) is 5.91 Å². The third kappa shape index (κ3) is 4.36. The first-order chi connectivity index (χ1) is 10.7. The average molecular weight is 340 g/mol. The van der Waals surface area contributed by atoms with E-state index in [1.807, 2.05) is 30.3 Å². The summed E-state index contributed by atoms with van der Waals surface area (Å²) in [5.41, 5.74) is 0.734. The molecule has 2 amide bonds. The number of ether oxygens (including phenoxy) is 1. The van der Waals surface area contributed by atoms with Gasteiger partial charge in [-0.1, -0.05) is 30.3 Å². The van der Waals surface area contributed by atoms with Gasteiger partial charge in [0.05, 0.1) is 5.54 Å². The fourth-order valence-electron chi connectivity index (χ4n) is 3.03. The van der Waals surface area contributed by atoms with E-state index in [0.717, 1.165) is 31.5 Å². The van der Waals surface area contributed by atoms with Gasteiger partial charge in [-0.2, -0.15) is 0 Å². The fourth-order valence-corrected chi connectivity index (χ4v) is 3.03. The summed E-state index contributed by atoms with van der Waals surface area (Å²) in [5, 5.41) is 6.33. The fraction of sp³-hybridized carbons (Fsp3) is 0.500. The quantitative estimate of drug-likeness (QED) is 0.852. The van der Waals surface area contributed by atoms with Crippen LogP contribution in [0.3, 0.4) is 0 Å². The molecular formula is C16H22ClN3O3. The Kier molecular flexibility index (Phi) is 5.85. The maximum atomic E-state index is 12.2. The van der Waals surface area contributed by atoms with Crippen LogP contribution in [0.25, 0.3) is 0 Å². The van der Waals surface area contributed by atoms with Gasteiger partial charge in [-0.25, -0.2) is 4.79 Å². The normalized spacial score (nSPS) is 23.8. The molecule has 0 radical (unpaired) electrons. The molecule has 7 heteroatoms. The van der Waals surface area contributed by atoms with Crippen molar-refractivity contribution >= 4 is 24.4 Å². The van der Waals surface area contributed by atoms with Crippen LogP contribution in [0.4, 0.5) is 4.79 Å². The summed E-state index contributed by atoms with van der Waals surface area (Å²) in [5.74, 6) is -0.113. The number of amides is 2. The molecule has 1 aromatic rings. The minimum Gasteiger partial charge on any atom is -0.445 e. The molecule has 0 bridgehead atoms.